The van der Waals surface area contributed by atoms with E-state index in [-0.39, 0.29) is 0 Å². The summed E-state index contributed by atoms with van der Waals surface area (Å²) in [6.45, 7) is 1.95. The lowest BCUT2D eigenvalue weighted by molar-refractivity contribution is 0.373. The molecule has 0 saturated heterocycles. The van der Waals surface area contributed by atoms with Crippen LogP contribution in [0.5, 0.6) is 0 Å². The summed E-state index contributed by atoms with van der Waals surface area (Å²) in [4.78, 5) is 6.17. The lowest BCUT2D eigenvalue weighted by atomic mass is 10.2. The number of hydrogen-bond acceptors (Lipinski definition) is 6. The molecule has 0 heterocycles. The van der Waals surface area contributed by atoms with Gasteiger partial charge in [-0.3, -0.25) is 10.8 Å². The van der Waals surface area contributed by atoms with Crippen LogP contribution < -0.4 is 10.7 Å². The van der Waals surface area contributed by atoms with E-state index >= 15 is 0 Å². The third kappa shape index (κ3) is 11.2. The van der Waals surface area contributed by atoms with Crippen LogP contribution in [0.1, 0.15) is 5.56 Å². The number of hydrazine groups is 1. The summed E-state index contributed by atoms with van der Waals surface area (Å²) >= 11 is 0. The number of aliphatic imine (C=N–C) groups is 1. The average Bonchev–Trinajstić information content (AvgIpc) is 2.64. The second-order valence-corrected chi connectivity index (χ2v) is 8.38. The van der Waals surface area contributed by atoms with Crippen molar-refractivity contribution in [1.29, 1.82) is 0 Å². The standard InChI is InChI=1S/C20H30N4S2/c1-22-14-8-6-4-5-7-9-19-10-12-20(13-11-19)23(2)15-17-25-26-18-16-24(3)21/h4-14H,15-18,21H2,1-3H3/b5-4+,8-6-,9-7+,22-14?. The Labute approximate surface area is 166 Å². The number of rotatable bonds is 12. The smallest absolute Gasteiger partial charge is 0.0364 e. The molecule has 1 rings (SSSR count). The van der Waals surface area contributed by atoms with E-state index in [0.29, 0.717) is 0 Å². The summed E-state index contributed by atoms with van der Waals surface area (Å²) < 4.78 is 0. The Morgan fingerprint density at radius 2 is 1.54 bits per heavy atom. The first-order valence-corrected chi connectivity index (χ1v) is 11.1. The molecule has 0 aliphatic carbocycles. The van der Waals surface area contributed by atoms with E-state index in [1.54, 1.807) is 18.3 Å². The molecule has 0 amide bonds. The van der Waals surface area contributed by atoms with Gasteiger partial charge in [0.05, 0.1) is 0 Å². The number of nitrogens with zero attached hydrogens (tertiary/aromatic N) is 3. The minimum Gasteiger partial charge on any atom is -0.374 e. The first-order chi connectivity index (χ1) is 12.6. The fourth-order valence-electron chi connectivity index (χ4n) is 1.94. The van der Waals surface area contributed by atoms with Crippen LogP contribution in [-0.4, -0.2) is 57.0 Å². The lowest BCUT2D eigenvalue weighted by Crippen LogP contribution is -2.28. The van der Waals surface area contributed by atoms with E-state index < -0.39 is 0 Å². The molecule has 142 valence electrons. The van der Waals surface area contributed by atoms with Gasteiger partial charge in [0.25, 0.3) is 0 Å². The number of benzene rings is 1. The number of hydrogen-bond donors (Lipinski definition) is 1. The van der Waals surface area contributed by atoms with Crippen LogP contribution in [0.2, 0.25) is 0 Å². The first-order valence-electron chi connectivity index (χ1n) is 8.57. The number of nitrogens with two attached hydrogens (primary N) is 1. The van der Waals surface area contributed by atoms with Gasteiger partial charge >= 0.3 is 0 Å². The molecule has 0 spiro atoms. The molecule has 0 fully saturated rings. The molecule has 26 heavy (non-hydrogen) atoms. The molecular formula is C20H30N4S2. The molecule has 4 nitrogen and oxygen atoms in total. The highest BCUT2D eigenvalue weighted by atomic mass is 33.1. The van der Waals surface area contributed by atoms with Crippen molar-refractivity contribution in [3.8, 4) is 0 Å². The van der Waals surface area contributed by atoms with Crippen LogP contribution in [0.3, 0.4) is 0 Å². The summed E-state index contributed by atoms with van der Waals surface area (Å²) in [5.74, 6) is 7.74. The Kier molecular flexibility index (Phi) is 12.7. The SMILES string of the molecule is CN=C\C=C/C=C/C=C/c1ccc(N(C)CCSSCCN(C)N)cc1. The lowest BCUT2D eigenvalue weighted by Gasteiger charge is -2.19. The van der Waals surface area contributed by atoms with Crippen LogP contribution in [0.25, 0.3) is 6.08 Å². The zero-order valence-corrected chi connectivity index (χ0v) is 17.5. The van der Waals surface area contributed by atoms with E-state index in [9.17, 15) is 0 Å². The molecule has 0 unspecified atom stereocenters. The van der Waals surface area contributed by atoms with Gasteiger partial charge in [-0.25, -0.2) is 5.01 Å². The maximum Gasteiger partial charge on any atom is 0.0364 e. The van der Waals surface area contributed by atoms with Crippen molar-refractivity contribution < 1.29 is 0 Å². The minimum absolute atomic E-state index is 0.918. The predicted octanol–water partition coefficient (Wildman–Crippen LogP) is 4.14. The average molecular weight is 391 g/mol. The zero-order chi connectivity index (χ0) is 19.0. The highest BCUT2D eigenvalue weighted by Crippen LogP contribution is 2.22. The Morgan fingerprint density at radius 3 is 2.19 bits per heavy atom. The Bertz CT molecular complexity index is 592. The summed E-state index contributed by atoms with van der Waals surface area (Å²) in [6, 6.07) is 8.63. The Morgan fingerprint density at radius 1 is 0.923 bits per heavy atom. The van der Waals surface area contributed by atoms with Crippen molar-refractivity contribution >= 4 is 39.6 Å². The molecule has 0 aliphatic heterocycles. The maximum absolute atomic E-state index is 5.59. The van der Waals surface area contributed by atoms with Gasteiger partial charge in [0.15, 0.2) is 0 Å². The molecule has 1 aromatic carbocycles. The molecule has 0 radical (unpaired) electrons. The largest absolute Gasteiger partial charge is 0.374 e. The van der Waals surface area contributed by atoms with Crippen molar-refractivity contribution in [2.45, 2.75) is 0 Å². The molecule has 0 bridgehead atoms. The maximum atomic E-state index is 5.59. The normalized spacial score (nSPS) is 12.5. The topological polar surface area (TPSA) is 44.9 Å². The molecule has 0 saturated carbocycles. The fourth-order valence-corrected chi connectivity index (χ4v) is 4.04. The van der Waals surface area contributed by atoms with Crippen LogP contribution in [0.4, 0.5) is 5.69 Å². The molecule has 1 aromatic rings. The van der Waals surface area contributed by atoms with Crippen molar-refractivity contribution in [3.63, 3.8) is 0 Å². The van der Waals surface area contributed by atoms with Gasteiger partial charge < -0.3 is 4.90 Å². The van der Waals surface area contributed by atoms with E-state index in [1.165, 1.54) is 11.3 Å². The Hall–Kier alpha value is -1.47. The van der Waals surface area contributed by atoms with Crippen LogP contribution >= 0.6 is 21.6 Å². The molecule has 0 aliphatic rings. The second kappa shape index (κ2) is 14.7. The second-order valence-electron chi connectivity index (χ2n) is 5.67. The third-order valence-electron chi connectivity index (χ3n) is 3.42. The van der Waals surface area contributed by atoms with E-state index in [4.69, 9.17) is 5.84 Å². The van der Waals surface area contributed by atoms with Gasteiger partial charge in [-0.1, -0.05) is 64.1 Å². The first kappa shape index (κ1) is 22.6. The predicted molar refractivity (Wildman–Crippen MR) is 123 cm³/mol. The molecule has 6 heteroatoms. The highest BCUT2D eigenvalue weighted by Gasteiger charge is 2.01. The van der Waals surface area contributed by atoms with Gasteiger partial charge in [-0.15, -0.1) is 0 Å². The summed E-state index contributed by atoms with van der Waals surface area (Å²) in [5.41, 5.74) is 2.44. The van der Waals surface area contributed by atoms with Crippen molar-refractivity contribution in [2.24, 2.45) is 10.8 Å². The van der Waals surface area contributed by atoms with Crippen molar-refractivity contribution in [1.82, 2.24) is 5.01 Å². The number of anilines is 1. The summed E-state index contributed by atoms with van der Waals surface area (Å²) in [5, 5.41) is 1.73. The van der Waals surface area contributed by atoms with E-state index in [0.717, 1.165) is 24.6 Å². The number of allylic oxidation sites excluding steroid dienone is 5. The fraction of sp³-hybridized carbons (Fsp3) is 0.350. The van der Waals surface area contributed by atoms with Crippen molar-refractivity contribution in [3.05, 3.63) is 60.2 Å². The van der Waals surface area contributed by atoms with Gasteiger partial charge in [0.1, 0.15) is 0 Å². The van der Waals surface area contributed by atoms with E-state index in [2.05, 4.69) is 47.3 Å². The molecule has 0 aromatic heterocycles. The van der Waals surface area contributed by atoms with Crippen molar-refractivity contribution in [2.75, 3.05) is 50.6 Å². The zero-order valence-electron chi connectivity index (χ0n) is 15.9. The molecule has 0 atom stereocenters. The Balaban J connectivity index is 2.32. The van der Waals surface area contributed by atoms with Gasteiger partial charge in [0.2, 0.25) is 0 Å². The van der Waals surface area contributed by atoms with Gasteiger partial charge in [-0.05, 0) is 23.8 Å². The van der Waals surface area contributed by atoms with Crippen LogP contribution in [0.15, 0.2) is 59.6 Å². The van der Waals surface area contributed by atoms with Gasteiger partial charge in [-0.2, -0.15) is 0 Å². The minimum atomic E-state index is 0.918. The van der Waals surface area contributed by atoms with Crippen LogP contribution in [-0.2, 0) is 0 Å². The monoisotopic (exact) mass is 390 g/mol. The molecule has 2 N–H and O–H groups in total. The quantitative estimate of drug-likeness (QED) is 0.145. The summed E-state index contributed by atoms with van der Waals surface area (Å²) in [7, 11) is 9.57. The third-order valence-corrected chi connectivity index (χ3v) is 5.79. The van der Waals surface area contributed by atoms with E-state index in [1.807, 2.05) is 59.0 Å². The van der Waals surface area contributed by atoms with Crippen LogP contribution in [0, 0.1) is 0 Å². The molecular weight excluding hydrogens is 360 g/mol. The highest BCUT2D eigenvalue weighted by molar-refractivity contribution is 8.76. The summed E-state index contributed by atoms with van der Waals surface area (Å²) in [6.07, 6.45) is 13.8. The van der Waals surface area contributed by atoms with Gasteiger partial charge in [0, 0.05) is 57.6 Å².